The van der Waals surface area contributed by atoms with Gasteiger partial charge in [-0.3, -0.25) is 4.79 Å². The van der Waals surface area contributed by atoms with Gasteiger partial charge in [-0.25, -0.2) is 10.1 Å². The minimum absolute atomic E-state index is 0.0729. The monoisotopic (exact) mass is 302 g/mol. The average Bonchev–Trinajstić information content (AvgIpc) is 2.96. The summed E-state index contributed by atoms with van der Waals surface area (Å²) in [7, 11) is 0. The zero-order valence-electron chi connectivity index (χ0n) is 12.5. The summed E-state index contributed by atoms with van der Waals surface area (Å²) in [5.74, 6) is -0.647. The molecule has 0 aliphatic heterocycles. The molecule has 0 spiro atoms. The molecule has 0 fully saturated rings. The second-order valence-corrected chi connectivity index (χ2v) is 4.46. The minimum Gasteiger partial charge on any atom is -0.379 e. The van der Waals surface area contributed by atoms with Gasteiger partial charge in [-0.1, -0.05) is 12.1 Å². The summed E-state index contributed by atoms with van der Waals surface area (Å²) in [5, 5.41) is 10.6. The molecule has 8 heteroatoms. The molecule has 8 nitrogen and oxygen atoms in total. The van der Waals surface area contributed by atoms with Crippen LogP contribution in [0, 0.1) is 0 Å². The van der Waals surface area contributed by atoms with Crippen molar-refractivity contribution >= 4 is 23.6 Å². The molecule has 1 heterocycles. The Hall–Kier alpha value is -2.90. The minimum atomic E-state index is -0.574. The van der Waals surface area contributed by atoms with E-state index in [1.165, 1.54) is 6.21 Å². The first-order valence-corrected chi connectivity index (χ1v) is 6.92. The highest BCUT2D eigenvalue weighted by molar-refractivity contribution is 5.96. The van der Waals surface area contributed by atoms with Crippen LogP contribution < -0.4 is 16.1 Å². The molecule has 0 saturated heterocycles. The first-order valence-electron chi connectivity index (χ1n) is 6.92. The lowest BCUT2D eigenvalue weighted by Gasteiger charge is -2.20. The summed E-state index contributed by atoms with van der Waals surface area (Å²) in [6.07, 6.45) is 1.54. The zero-order chi connectivity index (χ0) is 15.9. The van der Waals surface area contributed by atoms with Crippen LogP contribution in [0.3, 0.4) is 0 Å². The Bertz CT molecular complexity index is 646. The van der Waals surface area contributed by atoms with Gasteiger partial charge in [0.15, 0.2) is 0 Å². The van der Waals surface area contributed by atoms with Crippen molar-refractivity contribution in [3.8, 4) is 0 Å². The smallest absolute Gasteiger partial charge is 0.297 e. The van der Waals surface area contributed by atoms with Crippen molar-refractivity contribution in [1.29, 1.82) is 0 Å². The number of hydrogen-bond acceptors (Lipinski definition) is 7. The van der Waals surface area contributed by atoms with E-state index in [1.54, 1.807) is 0 Å². The van der Waals surface area contributed by atoms with Crippen molar-refractivity contribution in [1.82, 2.24) is 15.7 Å². The van der Waals surface area contributed by atoms with Crippen molar-refractivity contribution in [3.63, 3.8) is 0 Å². The Morgan fingerprint density at radius 1 is 1.32 bits per heavy atom. The summed E-state index contributed by atoms with van der Waals surface area (Å²) in [5.41, 5.74) is 9.64. The number of carbonyl (C=O) groups excluding carboxylic acids is 1. The molecule has 1 aromatic carbocycles. The highest BCUT2D eigenvalue weighted by atomic mass is 16.6. The quantitative estimate of drug-likeness (QED) is 0.614. The fourth-order valence-corrected chi connectivity index (χ4v) is 1.93. The number of aromatic nitrogens is 2. The van der Waals surface area contributed by atoms with Gasteiger partial charge >= 0.3 is 0 Å². The first-order chi connectivity index (χ1) is 10.7. The number of benzene rings is 1. The predicted octanol–water partition coefficient (Wildman–Crippen LogP) is 1.26. The predicted molar refractivity (Wildman–Crippen MR) is 83.8 cm³/mol. The molecule has 116 valence electrons. The molecule has 1 aromatic heterocycles. The summed E-state index contributed by atoms with van der Waals surface area (Å²) < 4.78 is 4.35. The largest absolute Gasteiger partial charge is 0.379 e. The van der Waals surface area contributed by atoms with Gasteiger partial charge in [-0.2, -0.15) is 5.10 Å². The summed E-state index contributed by atoms with van der Waals surface area (Å²) >= 11 is 0. The molecule has 0 bridgehead atoms. The van der Waals surface area contributed by atoms with Gasteiger partial charge < -0.3 is 10.6 Å². The second kappa shape index (κ2) is 7.21. The van der Waals surface area contributed by atoms with Crippen molar-refractivity contribution in [2.75, 3.05) is 23.7 Å². The summed E-state index contributed by atoms with van der Waals surface area (Å²) in [6.45, 7) is 6.12. The molecule has 2 aromatic rings. The molecule has 0 aliphatic rings. The Morgan fingerprint density at radius 3 is 2.55 bits per heavy atom. The van der Waals surface area contributed by atoms with Gasteiger partial charge in [-0.15, -0.1) is 0 Å². The maximum Gasteiger partial charge on any atom is 0.297 e. The lowest BCUT2D eigenvalue weighted by Crippen LogP contribution is -2.21. The Kier molecular flexibility index (Phi) is 5.07. The van der Waals surface area contributed by atoms with Crippen molar-refractivity contribution in [2.45, 2.75) is 13.8 Å². The number of hydrazone groups is 1. The van der Waals surface area contributed by atoms with Crippen LogP contribution in [0.2, 0.25) is 0 Å². The summed E-state index contributed by atoms with van der Waals surface area (Å²) in [4.78, 5) is 13.9. The molecule has 2 rings (SSSR count). The molecule has 22 heavy (non-hydrogen) atoms. The van der Waals surface area contributed by atoms with Crippen molar-refractivity contribution < 1.29 is 9.42 Å². The van der Waals surface area contributed by atoms with E-state index in [-0.39, 0.29) is 11.5 Å². The number of carbonyl (C=O) groups is 1. The average molecular weight is 302 g/mol. The van der Waals surface area contributed by atoms with E-state index >= 15 is 0 Å². The highest BCUT2D eigenvalue weighted by Gasteiger charge is 2.14. The van der Waals surface area contributed by atoms with Crippen LogP contribution in [-0.2, 0) is 0 Å². The molecule has 0 radical (unpaired) electrons. The fourth-order valence-electron chi connectivity index (χ4n) is 1.93. The standard InChI is InChI=1S/C14H18N6O2/c1-3-20(4-2)11-7-5-10(6-8-11)9-16-17-14(21)12-13(15)19-22-18-12/h5-9H,3-4H2,1-2H3,(H2,15,19)(H,17,21)/b16-9+. The number of amides is 1. The van der Waals surface area contributed by atoms with E-state index in [4.69, 9.17) is 5.73 Å². The Balaban J connectivity index is 1.96. The van der Waals surface area contributed by atoms with Crippen LogP contribution in [0.15, 0.2) is 34.0 Å². The number of anilines is 2. The molecule has 0 aliphatic carbocycles. The van der Waals surface area contributed by atoms with E-state index in [2.05, 4.69) is 44.2 Å². The fraction of sp³-hybridized carbons (Fsp3) is 0.286. The lowest BCUT2D eigenvalue weighted by molar-refractivity contribution is 0.0946. The third kappa shape index (κ3) is 3.60. The number of nitrogens with zero attached hydrogens (tertiary/aromatic N) is 4. The van der Waals surface area contributed by atoms with Gasteiger partial charge in [0.05, 0.1) is 6.21 Å². The van der Waals surface area contributed by atoms with Gasteiger partial charge in [0.2, 0.25) is 11.5 Å². The number of nitrogens with two attached hydrogens (primary N) is 1. The van der Waals surface area contributed by atoms with Crippen LogP contribution in [-0.4, -0.2) is 35.5 Å². The number of nitrogens with one attached hydrogen (secondary N) is 1. The van der Waals surface area contributed by atoms with E-state index in [1.807, 2.05) is 24.3 Å². The van der Waals surface area contributed by atoms with Gasteiger partial charge in [0.25, 0.3) is 5.91 Å². The topological polar surface area (TPSA) is 110 Å². The number of nitrogen functional groups attached to an aromatic ring is 1. The Morgan fingerprint density at radius 2 is 2.00 bits per heavy atom. The van der Waals surface area contributed by atoms with Crippen LogP contribution in [0.1, 0.15) is 29.9 Å². The van der Waals surface area contributed by atoms with E-state index in [0.29, 0.717) is 0 Å². The Labute approximate surface area is 127 Å². The van der Waals surface area contributed by atoms with E-state index < -0.39 is 5.91 Å². The van der Waals surface area contributed by atoms with Crippen molar-refractivity contribution in [2.24, 2.45) is 5.10 Å². The van der Waals surface area contributed by atoms with Crippen molar-refractivity contribution in [3.05, 3.63) is 35.5 Å². The van der Waals surface area contributed by atoms with Gasteiger partial charge in [0.1, 0.15) is 0 Å². The van der Waals surface area contributed by atoms with Crippen LogP contribution in [0.5, 0.6) is 0 Å². The molecular weight excluding hydrogens is 284 g/mol. The molecule has 0 unspecified atom stereocenters. The molecule has 0 saturated carbocycles. The lowest BCUT2D eigenvalue weighted by atomic mass is 10.2. The summed E-state index contributed by atoms with van der Waals surface area (Å²) in [6, 6.07) is 7.87. The molecule has 0 atom stereocenters. The second-order valence-electron chi connectivity index (χ2n) is 4.46. The van der Waals surface area contributed by atoms with E-state index in [0.717, 1.165) is 24.3 Å². The van der Waals surface area contributed by atoms with Gasteiger partial charge in [-0.05, 0) is 41.9 Å². The van der Waals surface area contributed by atoms with E-state index in [9.17, 15) is 4.79 Å². The molecule has 1 amide bonds. The number of rotatable bonds is 6. The third-order valence-electron chi connectivity index (χ3n) is 3.13. The van der Waals surface area contributed by atoms with Crippen LogP contribution in [0.25, 0.3) is 0 Å². The first kappa shape index (κ1) is 15.5. The highest BCUT2D eigenvalue weighted by Crippen LogP contribution is 2.13. The molecule has 3 N–H and O–H groups in total. The van der Waals surface area contributed by atoms with Gasteiger partial charge in [0, 0.05) is 18.8 Å². The number of hydrogen-bond donors (Lipinski definition) is 2. The van der Waals surface area contributed by atoms with Crippen LogP contribution in [0.4, 0.5) is 11.5 Å². The van der Waals surface area contributed by atoms with Crippen LogP contribution >= 0.6 is 0 Å². The third-order valence-corrected chi connectivity index (χ3v) is 3.13. The normalized spacial score (nSPS) is 10.8. The maximum atomic E-state index is 11.7. The molecular formula is C14H18N6O2. The SMILES string of the molecule is CCN(CC)c1ccc(/C=N/NC(=O)c2nonc2N)cc1. The maximum absolute atomic E-state index is 11.7. The zero-order valence-corrected chi connectivity index (χ0v) is 12.5.